The lowest BCUT2D eigenvalue weighted by Crippen LogP contribution is -2.42. The first-order valence-corrected chi connectivity index (χ1v) is 31.8. The molecule has 1 fully saturated rings. The largest absolute Gasteiger partial charge is 0.496 e. The fraction of sp³-hybridized carbons (Fsp3) is 0.458. The first-order valence-electron chi connectivity index (χ1n) is 22.8. The molecule has 0 amide bonds. The number of hydrogen-bond donors (Lipinski definition) is 1. The lowest BCUT2D eigenvalue weighted by molar-refractivity contribution is 0.00578. The van der Waals surface area contributed by atoms with E-state index in [-0.39, 0.29) is 27.9 Å². The fourth-order valence-corrected chi connectivity index (χ4v) is 7.91. The van der Waals surface area contributed by atoms with Gasteiger partial charge in [0.15, 0.2) is 22.9 Å². The van der Waals surface area contributed by atoms with E-state index in [0.29, 0.717) is 30.9 Å². The third kappa shape index (κ3) is 23.6. The summed E-state index contributed by atoms with van der Waals surface area (Å²) >= 11 is 13.2. The highest BCUT2D eigenvalue weighted by Gasteiger charge is 2.52. The number of aliphatic hydroxyl groups is 1. The Morgan fingerprint density at radius 2 is 1.03 bits per heavy atom. The molecule has 23 heteroatoms. The average Bonchev–Trinajstić information content (AvgIpc) is 3.52. The monoisotopic (exact) mass is 1250 g/mol. The molecule has 5 aromatic rings. The van der Waals surface area contributed by atoms with Crippen LogP contribution in [0.5, 0.6) is 0 Å². The molecule has 0 saturated carbocycles. The van der Waals surface area contributed by atoms with Gasteiger partial charge in [-0.2, -0.15) is 0 Å². The van der Waals surface area contributed by atoms with Crippen molar-refractivity contribution in [3.05, 3.63) is 138 Å². The molecule has 0 spiro atoms. The van der Waals surface area contributed by atoms with Crippen molar-refractivity contribution in [1.29, 1.82) is 0 Å². The molecule has 375 valence electrons. The molecular formula is C48H68B6Br4N5O6Si2. The molecule has 6 rings (SSSR count). The van der Waals surface area contributed by atoms with E-state index in [0.717, 1.165) is 40.4 Å². The van der Waals surface area contributed by atoms with E-state index >= 15 is 0 Å². The highest BCUT2D eigenvalue weighted by Crippen LogP contribution is 2.39. The van der Waals surface area contributed by atoms with E-state index in [9.17, 15) is 4.79 Å². The van der Waals surface area contributed by atoms with Gasteiger partial charge in [-0.05, 0) is 189 Å². The van der Waals surface area contributed by atoms with Crippen LogP contribution in [0.1, 0.15) is 103 Å². The van der Waals surface area contributed by atoms with E-state index in [1.54, 1.807) is 43.1 Å². The molecule has 0 bridgehead atoms. The first-order chi connectivity index (χ1) is 32.8. The van der Waals surface area contributed by atoms with Gasteiger partial charge in [0.25, 0.3) is 0 Å². The average molecular weight is 1250 g/mol. The SMILES string of the molecule is CC(C)(C)[Si](C)(C)OCc1ncccc1Br.CC1(C)OB(c2cccnc2CO[Si](C)(C)C(C)(C)C)OC1(C)C.Cc1ncccc1Br.O=Cc1ncccc1Br.OCc1ncccc1Br.[B][B]B([B])[B]. The molecule has 5 aromatic heterocycles. The summed E-state index contributed by atoms with van der Waals surface area (Å²) in [6.07, 6.45) is 8.86. The fourth-order valence-electron chi connectivity index (χ4n) is 4.69. The molecule has 0 aromatic carbocycles. The maximum absolute atomic E-state index is 10.1. The maximum atomic E-state index is 10.1. The van der Waals surface area contributed by atoms with Crippen LogP contribution in [0.25, 0.3) is 0 Å². The van der Waals surface area contributed by atoms with Gasteiger partial charge < -0.3 is 23.3 Å². The van der Waals surface area contributed by atoms with Crippen molar-refractivity contribution >= 4 is 136 Å². The third-order valence-corrected chi connectivity index (χ3v) is 24.0. The molecule has 7 radical (unpaired) electrons. The van der Waals surface area contributed by atoms with Gasteiger partial charge in [0.2, 0.25) is 0 Å². The minimum absolute atomic E-state index is 0.0125. The van der Waals surface area contributed by atoms with Crippen LogP contribution in [0.4, 0.5) is 0 Å². The molecule has 1 saturated heterocycles. The molecule has 71 heavy (non-hydrogen) atoms. The van der Waals surface area contributed by atoms with Gasteiger partial charge in [0.05, 0.1) is 53.8 Å². The van der Waals surface area contributed by atoms with Gasteiger partial charge in [-0.15, -0.1) is 0 Å². The molecule has 1 aliphatic rings. The van der Waals surface area contributed by atoms with Crippen LogP contribution in [0, 0.1) is 6.92 Å². The molecule has 1 aliphatic heterocycles. The van der Waals surface area contributed by atoms with E-state index < -0.39 is 30.1 Å². The first kappa shape index (κ1) is 67.0. The summed E-state index contributed by atoms with van der Waals surface area (Å²) in [5.74, 6) is 0. The third-order valence-electron chi connectivity index (χ3n) is 12.1. The summed E-state index contributed by atoms with van der Waals surface area (Å²) in [4.78, 5) is 30.7. The van der Waals surface area contributed by atoms with Crippen molar-refractivity contribution < 1.29 is 28.1 Å². The Labute approximate surface area is 466 Å². The zero-order valence-corrected chi connectivity index (χ0v) is 52.4. The predicted molar refractivity (Wildman–Crippen MR) is 316 cm³/mol. The highest BCUT2D eigenvalue weighted by molar-refractivity contribution is 9.11. The number of aldehydes is 1. The van der Waals surface area contributed by atoms with Gasteiger partial charge in [0, 0.05) is 91.0 Å². The second kappa shape index (κ2) is 31.1. The van der Waals surface area contributed by atoms with Crippen LogP contribution < -0.4 is 5.46 Å². The van der Waals surface area contributed by atoms with Crippen LogP contribution >= 0.6 is 63.7 Å². The number of carbonyl (C=O) groups excluding carboxylic acids is 1. The Morgan fingerprint density at radius 1 is 0.662 bits per heavy atom. The van der Waals surface area contributed by atoms with Crippen molar-refractivity contribution in [2.75, 3.05) is 0 Å². The predicted octanol–water partition coefficient (Wildman–Crippen LogP) is 11.5. The van der Waals surface area contributed by atoms with Gasteiger partial charge in [-0.25, -0.2) is 0 Å². The molecule has 0 atom stereocenters. The normalized spacial score (nSPS) is 13.7. The molecule has 0 unspecified atom stereocenters. The van der Waals surface area contributed by atoms with Crippen molar-refractivity contribution in [3.8, 4) is 0 Å². The van der Waals surface area contributed by atoms with E-state index in [4.69, 9.17) is 46.5 Å². The van der Waals surface area contributed by atoms with Gasteiger partial charge >= 0.3 is 7.12 Å². The van der Waals surface area contributed by atoms with Crippen molar-refractivity contribution in [2.45, 2.75) is 143 Å². The second-order valence-electron chi connectivity index (χ2n) is 20.1. The summed E-state index contributed by atoms with van der Waals surface area (Å²) in [7, 11) is 11.9. The number of hydrogen-bond acceptors (Lipinski definition) is 11. The van der Waals surface area contributed by atoms with E-state index in [1.807, 2.05) is 55.5 Å². The standard InChI is InChI=1S/C18H32BNO3Si.C12H20BrNOSi.C6H6BrNO.C6H4BrNO.C6H6BrN.B5/c1-16(2,3)24(8,9)21-13-15-14(11-10-12-20-15)19-22-17(4,5)18(6,7)23-19;1-12(2,3)16(4,5)15-9-11-10(13)7-6-8-14-11;2*7-5-2-1-3-8-6(5)4-9;1-5-6(7)3-2-4-8-5;1-4-5(2)3/h10-12H,13H2,1-9H3;6-8H,9H2,1-5H3;1-3,9H,4H2;1-4H;2-4H,1H3;. The Bertz CT molecular complexity index is 2330. The minimum atomic E-state index is -1.83. The Hall–Kier alpha value is -2.04. The quantitative estimate of drug-likeness (QED) is 0.106. The lowest BCUT2D eigenvalue weighted by atomic mass is 8.97. The molecular weight excluding hydrogens is 1180 g/mol. The van der Waals surface area contributed by atoms with Crippen LogP contribution in [0.3, 0.4) is 0 Å². The molecule has 0 aliphatic carbocycles. The number of halogens is 4. The second-order valence-corrected chi connectivity index (χ2v) is 33.1. The smallest absolute Gasteiger partial charge is 0.411 e. The Morgan fingerprint density at radius 3 is 1.35 bits per heavy atom. The van der Waals surface area contributed by atoms with Crippen LogP contribution in [-0.4, -0.2) is 108 Å². The summed E-state index contributed by atoms with van der Waals surface area (Å²) < 4.78 is 28.5. The molecule has 1 N–H and O–H groups in total. The number of carbonyl (C=O) groups is 1. The van der Waals surface area contributed by atoms with Gasteiger partial charge in [0.1, 0.15) is 5.69 Å². The highest BCUT2D eigenvalue weighted by atomic mass is 79.9. The lowest BCUT2D eigenvalue weighted by Gasteiger charge is -2.36. The van der Waals surface area contributed by atoms with Crippen LogP contribution in [0.2, 0.25) is 36.3 Å². The van der Waals surface area contributed by atoms with Crippen molar-refractivity contribution in [1.82, 2.24) is 24.9 Å². The summed E-state index contributed by atoms with van der Waals surface area (Å²) in [6.45, 7) is 33.8. The van der Waals surface area contributed by atoms with Crippen molar-refractivity contribution in [3.63, 3.8) is 0 Å². The number of aromatic nitrogens is 5. The number of aryl methyl sites for hydroxylation is 1. The molecule has 6 heterocycles. The van der Waals surface area contributed by atoms with E-state index in [1.165, 1.54) is 7.06 Å². The number of nitrogens with zero attached hydrogens (tertiary/aromatic N) is 5. The summed E-state index contributed by atoms with van der Waals surface area (Å²) in [5, 5.41) is 9.04. The Balaban J connectivity index is 0.000000462. The summed E-state index contributed by atoms with van der Waals surface area (Å²) in [5.41, 5.74) is 4.29. The number of pyridine rings is 5. The van der Waals surface area contributed by atoms with Crippen molar-refractivity contribution in [2.24, 2.45) is 0 Å². The van der Waals surface area contributed by atoms with Crippen LogP contribution in [-0.2, 0) is 38.0 Å². The minimum Gasteiger partial charge on any atom is -0.411 e. The number of rotatable bonds is 10. The maximum Gasteiger partial charge on any atom is 0.496 e. The zero-order valence-electron chi connectivity index (χ0n) is 44.1. The Kier molecular flexibility index (Phi) is 29.4. The topological polar surface area (TPSA) is 139 Å². The number of aliphatic hydroxyl groups excluding tert-OH is 1. The van der Waals surface area contributed by atoms with E-state index in [2.05, 4.69) is 184 Å². The van der Waals surface area contributed by atoms with Crippen LogP contribution in [0.15, 0.2) is 110 Å². The summed E-state index contributed by atoms with van der Waals surface area (Å²) in [6, 6.07) is 18.9. The molecule has 11 nitrogen and oxygen atoms in total. The zero-order chi connectivity index (χ0) is 54.4. The van der Waals surface area contributed by atoms with Gasteiger partial charge in [-0.1, -0.05) is 47.6 Å². The van der Waals surface area contributed by atoms with Gasteiger partial charge in [-0.3, -0.25) is 29.7 Å².